The maximum absolute atomic E-state index is 12.0. The van der Waals surface area contributed by atoms with E-state index >= 15 is 0 Å². The molecular weight excluding hydrogens is 368 g/mol. The summed E-state index contributed by atoms with van der Waals surface area (Å²) in [6, 6.07) is 18.7. The second-order valence-electron chi connectivity index (χ2n) is 6.83. The predicted octanol–water partition coefficient (Wildman–Crippen LogP) is 3.77. The van der Waals surface area contributed by atoms with Gasteiger partial charge in [-0.25, -0.2) is 9.59 Å². The number of aromatic nitrogens is 1. The van der Waals surface area contributed by atoms with Crippen molar-refractivity contribution in [2.45, 2.75) is 12.5 Å². The van der Waals surface area contributed by atoms with Gasteiger partial charge in [-0.2, -0.15) is 0 Å². The quantitative estimate of drug-likeness (QED) is 0.694. The topological polar surface area (TPSA) is 90.7 Å². The molecule has 0 unspecified atom stereocenters. The number of carboxylic acid groups (broad SMARTS) is 2. The number of pyridine rings is 1. The van der Waals surface area contributed by atoms with Gasteiger partial charge in [-0.05, 0) is 23.3 Å². The average Bonchev–Trinajstić information content (AvgIpc) is 2.73. The number of rotatable bonds is 5. The maximum atomic E-state index is 12.0. The van der Waals surface area contributed by atoms with Crippen molar-refractivity contribution in [3.8, 4) is 0 Å². The highest BCUT2D eigenvalue weighted by molar-refractivity contribution is 5.97. The Morgan fingerprint density at radius 3 is 2.17 bits per heavy atom. The molecule has 1 aliphatic rings. The Balaban J connectivity index is 1.79. The molecule has 1 aliphatic heterocycles. The molecular formula is C23H18N2O4. The normalized spacial score (nSPS) is 14.4. The van der Waals surface area contributed by atoms with Crippen LogP contribution < -0.4 is 0 Å². The molecule has 4 rings (SSSR count). The van der Waals surface area contributed by atoms with Crippen molar-refractivity contribution >= 4 is 22.8 Å². The van der Waals surface area contributed by atoms with Gasteiger partial charge in [-0.3, -0.25) is 4.98 Å². The van der Waals surface area contributed by atoms with Gasteiger partial charge in [0.15, 0.2) is 0 Å². The molecule has 0 saturated carbocycles. The van der Waals surface area contributed by atoms with Crippen molar-refractivity contribution in [1.82, 2.24) is 9.88 Å². The van der Waals surface area contributed by atoms with Gasteiger partial charge in [-0.1, -0.05) is 48.5 Å². The van der Waals surface area contributed by atoms with Crippen molar-refractivity contribution in [1.29, 1.82) is 0 Å². The monoisotopic (exact) mass is 386 g/mol. The molecule has 0 atom stereocenters. The molecule has 0 aliphatic carbocycles. The first-order valence-electron chi connectivity index (χ1n) is 9.07. The minimum atomic E-state index is -1.16. The maximum Gasteiger partial charge on any atom is 0.334 e. The number of hydrogen-bond acceptors (Lipinski definition) is 4. The van der Waals surface area contributed by atoms with E-state index in [2.05, 4.69) is 4.98 Å². The lowest BCUT2D eigenvalue weighted by Gasteiger charge is -2.29. The Morgan fingerprint density at radius 1 is 0.897 bits per heavy atom. The number of aliphatic carboxylic acids is 2. The molecule has 6 heteroatoms. The molecule has 2 N–H and O–H groups in total. The van der Waals surface area contributed by atoms with Gasteiger partial charge in [0.25, 0.3) is 0 Å². The van der Waals surface area contributed by atoms with Crippen LogP contribution in [0.3, 0.4) is 0 Å². The molecule has 0 bridgehead atoms. The van der Waals surface area contributed by atoms with E-state index in [-0.39, 0.29) is 11.1 Å². The smallest absolute Gasteiger partial charge is 0.334 e. The highest BCUT2D eigenvalue weighted by Gasteiger charge is 2.34. The zero-order valence-electron chi connectivity index (χ0n) is 15.4. The molecule has 144 valence electrons. The van der Waals surface area contributed by atoms with Crippen LogP contribution in [0.5, 0.6) is 0 Å². The third-order valence-corrected chi connectivity index (χ3v) is 4.88. The summed E-state index contributed by atoms with van der Waals surface area (Å²) in [6.07, 6.45) is 4.55. The fourth-order valence-corrected chi connectivity index (χ4v) is 3.56. The second kappa shape index (κ2) is 7.59. The van der Waals surface area contributed by atoms with Crippen LogP contribution in [0, 0.1) is 0 Å². The van der Waals surface area contributed by atoms with E-state index in [1.165, 1.54) is 12.4 Å². The Kier molecular flexibility index (Phi) is 4.83. The largest absolute Gasteiger partial charge is 0.478 e. The van der Waals surface area contributed by atoms with E-state index in [4.69, 9.17) is 0 Å². The van der Waals surface area contributed by atoms with E-state index in [0.717, 1.165) is 16.5 Å². The number of benzene rings is 2. The summed E-state index contributed by atoms with van der Waals surface area (Å²) in [5.41, 5.74) is 2.24. The van der Waals surface area contributed by atoms with Crippen LogP contribution in [0.1, 0.15) is 17.0 Å². The first-order chi connectivity index (χ1) is 14.0. The molecule has 2 aromatic carbocycles. The number of nitrogens with zero attached hydrogens (tertiary/aromatic N) is 2. The number of hydrogen-bond donors (Lipinski definition) is 2. The van der Waals surface area contributed by atoms with Gasteiger partial charge in [0, 0.05) is 30.5 Å². The summed E-state index contributed by atoms with van der Waals surface area (Å²) in [7, 11) is 0. The van der Waals surface area contributed by atoms with E-state index in [1.807, 2.05) is 54.6 Å². The average molecular weight is 386 g/mol. The van der Waals surface area contributed by atoms with Crippen LogP contribution in [-0.4, -0.2) is 32.0 Å². The fourth-order valence-electron chi connectivity index (χ4n) is 3.56. The van der Waals surface area contributed by atoms with Crippen LogP contribution in [0.15, 0.2) is 90.4 Å². The molecule has 6 nitrogen and oxygen atoms in total. The van der Waals surface area contributed by atoms with Crippen molar-refractivity contribution < 1.29 is 19.8 Å². The fraction of sp³-hybridized carbons (Fsp3) is 0.0870. The van der Waals surface area contributed by atoms with Crippen molar-refractivity contribution in [3.63, 3.8) is 0 Å². The number of fused-ring (bicyclic) bond motifs is 1. The molecule has 0 saturated heterocycles. The Labute approximate surface area is 167 Å². The highest BCUT2D eigenvalue weighted by atomic mass is 16.4. The lowest BCUT2D eigenvalue weighted by Crippen LogP contribution is -2.27. The lowest BCUT2D eigenvalue weighted by atomic mass is 9.83. The molecule has 2 heterocycles. The van der Waals surface area contributed by atoms with Crippen molar-refractivity contribution in [2.75, 3.05) is 0 Å². The van der Waals surface area contributed by atoms with Gasteiger partial charge in [0.2, 0.25) is 0 Å². The summed E-state index contributed by atoms with van der Waals surface area (Å²) in [5.74, 6) is -3.23. The standard InChI is InChI=1S/C23H18N2O4/c26-22(27)18-13-25(12-15-6-2-1-3-7-15)14-19(23(28)29)21(18)17-10-16-8-4-5-9-20(16)24-11-17/h1-11,13-14,21H,12H2,(H,26,27)(H,28,29). The third kappa shape index (κ3) is 3.73. The minimum absolute atomic E-state index is 0.00193. The van der Waals surface area contributed by atoms with Gasteiger partial charge in [-0.15, -0.1) is 0 Å². The summed E-state index contributed by atoms with van der Waals surface area (Å²) in [5, 5.41) is 20.5. The van der Waals surface area contributed by atoms with Gasteiger partial charge in [0.05, 0.1) is 22.6 Å². The van der Waals surface area contributed by atoms with Gasteiger partial charge in [0.1, 0.15) is 0 Å². The summed E-state index contributed by atoms with van der Waals surface area (Å²) >= 11 is 0. The van der Waals surface area contributed by atoms with E-state index in [0.29, 0.717) is 12.1 Å². The highest BCUT2D eigenvalue weighted by Crippen LogP contribution is 2.37. The summed E-state index contributed by atoms with van der Waals surface area (Å²) in [6.45, 7) is 0.372. The van der Waals surface area contributed by atoms with E-state index in [1.54, 1.807) is 17.2 Å². The zero-order chi connectivity index (χ0) is 20.4. The van der Waals surface area contributed by atoms with Crippen molar-refractivity contribution in [2.24, 2.45) is 0 Å². The molecule has 0 spiro atoms. The second-order valence-corrected chi connectivity index (χ2v) is 6.83. The summed E-state index contributed by atoms with van der Waals surface area (Å²) < 4.78 is 0. The van der Waals surface area contributed by atoms with E-state index in [9.17, 15) is 19.8 Å². The first-order valence-corrected chi connectivity index (χ1v) is 9.07. The first kappa shape index (κ1) is 18.4. The van der Waals surface area contributed by atoms with Crippen molar-refractivity contribution in [3.05, 3.63) is 102 Å². The third-order valence-electron chi connectivity index (χ3n) is 4.88. The molecule has 3 aromatic rings. The number of carboxylic acids is 2. The number of carbonyl (C=O) groups is 2. The Morgan fingerprint density at radius 2 is 1.52 bits per heavy atom. The Hall–Kier alpha value is -3.93. The van der Waals surface area contributed by atoms with Crippen LogP contribution in [0.4, 0.5) is 0 Å². The molecule has 0 amide bonds. The van der Waals surface area contributed by atoms with Gasteiger partial charge >= 0.3 is 11.9 Å². The van der Waals surface area contributed by atoms with Crippen LogP contribution >= 0.6 is 0 Å². The van der Waals surface area contributed by atoms with Gasteiger partial charge < -0.3 is 15.1 Å². The van der Waals surface area contributed by atoms with Crippen LogP contribution in [-0.2, 0) is 16.1 Å². The SMILES string of the molecule is O=C(O)C1=CN(Cc2ccccc2)C=C(C(=O)O)C1c1cnc2ccccc2c1. The molecule has 1 aromatic heterocycles. The Bertz CT molecular complexity index is 1120. The molecule has 0 fully saturated rings. The minimum Gasteiger partial charge on any atom is -0.478 e. The van der Waals surface area contributed by atoms with E-state index < -0.39 is 17.9 Å². The molecule has 0 radical (unpaired) electrons. The molecule has 29 heavy (non-hydrogen) atoms. The predicted molar refractivity (Wildman–Crippen MR) is 108 cm³/mol. The lowest BCUT2D eigenvalue weighted by molar-refractivity contribution is -0.133. The summed E-state index contributed by atoms with van der Waals surface area (Å²) in [4.78, 5) is 30.0. The van der Waals surface area contributed by atoms with Crippen LogP contribution in [0.2, 0.25) is 0 Å². The number of para-hydroxylation sites is 1. The zero-order valence-corrected chi connectivity index (χ0v) is 15.4. The van der Waals surface area contributed by atoms with Crippen LogP contribution in [0.25, 0.3) is 10.9 Å².